The Hall–Kier alpha value is -3.72. The molecule has 0 unspecified atom stereocenters. The summed E-state index contributed by atoms with van der Waals surface area (Å²) in [5, 5.41) is 8.94. The molecule has 9 heteroatoms. The summed E-state index contributed by atoms with van der Waals surface area (Å²) >= 11 is 0. The van der Waals surface area contributed by atoms with Gasteiger partial charge in [-0.15, -0.1) is 0 Å². The van der Waals surface area contributed by atoms with Crippen molar-refractivity contribution in [2.75, 3.05) is 18.1 Å². The van der Waals surface area contributed by atoms with Crippen LogP contribution in [-0.4, -0.2) is 53.1 Å². The fourth-order valence-electron chi connectivity index (χ4n) is 4.54. The number of aliphatic hydroxyl groups excluding tert-OH is 1. The average Bonchev–Trinajstić information content (AvgIpc) is 3.24. The normalized spacial score (nSPS) is 20.5. The van der Waals surface area contributed by atoms with Crippen LogP contribution in [0.15, 0.2) is 53.5 Å². The maximum atomic E-state index is 13.9. The number of hydrogen-bond donors (Lipinski definition) is 1. The number of ether oxygens (including phenoxy) is 3. The van der Waals surface area contributed by atoms with E-state index in [1.807, 2.05) is 6.07 Å². The first-order chi connectivity index (χ1) is 17.6. The van der Waals surface area contributed by atoms with Gasteiger partial charge in [-0.25, -0.2) is 9.89 Å². The van der Waals surface area contributed by atoms with Gasteiger partial charge in [-0.05, 0) is 57.5 Å². The van der Waals surface area contributed by atoms with Crippen molar-refractivity contribution in [1.82, 2.24) is 0 Å². The highest BCUT2D eigenvalue weighted by atomic mass is 16.6. The first kappa shape index (κ1) is 26.3. The van der Waals surface area contributed by atoms with Crippen LogP contribution in [0.5, 0.6) is 5.75 Å². The summed E-state index contributed by atoms with van der Waals surface area (Å²) < 4.78 is 17.4. The summed E-state index contributed by atoms with van der Waals surface area (Å²) in [6.45, 7) is 7.08. The van der Waals surface area contributed by atoms with E-state index >= 15 is 0 Å². The van der Waals surface area contributed by atoms with Crippen molar-refractivity contribution < 1.29 is 33.7 Å². The quantitative estimate of drug-likeness (QED) is 0.427. The van der Waals surface area contributed by atoms with Gasteiger partial charge in [0.05, 0.1) is 12.3 Å². The number of hydrogen-bond acceptors (Lipinski definition) is 8. The molecule has 0 radical (unpaired) electrons. The van der Waals surface area contributed by atoms with Gasteiger partial charge in [-0.3, -0.25) is 14.4 Å². The zero-order valence-corrected chi connectivity index (χ0v) is 21.5. The number of para-hydroxylation sites is 1. The van der Waals surface area contributed by atoms with Gasteiger partial charge in [-0.2, -0.15) is 0 Å². The number of amides is 2. The Morgan fingerprint density at radius 2 is 1.84 bits per heavy atom. The molecule has 196 valence electrons. The zero-order valence-electron chi connectivity index (χ0n) is 21.5. The van der Waals surface area contributed by atoms with Crippen LogP contribution >= 0.6 is 0 Å². The van der Waals surface area contributed by atoms with E-state index in [9.17, 15) is 14.4 Å². The number of benzene rings is 2. The van der Waals surface area contributed by atoms with Crippen LogP contribution in [0.25, 0.3) is 0 Å². The van der Waals surface area contributed by atoms with E-state index in [1.165, 1.54) is 6.92 Å². The fraction of sp³-hybridized carbons (Fsp3) is 0.429. The predicted molar refractivity (Wildman–Crippen MR) is 136 cm³/mol. The number of anilines is 1. The summed E-state index contributed by atoms with van der Waals surface area (Å²) in [6, 6.07) is 14.1. The largest absolute Gasteiger partial charge is 0.494 e. The standard InChI is InChI=1S/C28H32N2O7/c1-18(32)30-22-9-6-5-8-21(22)24-28(26(30)34,15-14-23(33)37-27(2,3)4)29-25(36-24)19-10-12-20(13-11-19)35-17-7-16-31/h5-6,8-13,24,31H,7,14-17H2,1-4H3/t24-,28-/m1/s1. The van der Waals surface area contributed by atoms with Gasteiger partial charge >= 0.3 is 5.97 Å². The first-order valence-corrected chi connectivity index (χ1v) is 12.3. The second kappa shape index (κ2) is 10.3. The van der Waals surface area contributed by atoms with Gasteiger partial charge in [0.2, 0.25) is 11.8 Å². The van der Waals surface area contributed by atoms with E-state index in [-0.39, 0.29) is 25.3 Å². The van der Waals surface area contributed by atoms with Gasteiger partial charge in [-0.1, -0.05) is 18.2 Å². The molecule has 0 bridgehead atoms. The third-order valence-corrected chi connectivity index (χ3v) is 6.12. The number of nitrogens with zero attached hydrogens (tertiary/aromatic N) is 2. The highest BCUT2D eigenvalue weighted by molar-refractivity contribution is 6.21. The molecule has 2 aromatic rings. The lowest BCUT2D eigenvalue weighted by Crippen LogP contribution is -2.56. The van der Waals surface area contributed by atoms with Gasteiger partial charge in [0, 0.05) is 37.5 Å². The molecule has 0 fully saturated rings. The molecule has 2 aliphatic rings. The first-order valence-electron chi connectivity index (χ1n) is 12.3. The Kier molecular flexibility index (Phi) is 7.36. The van der Waals surface area contributed by atoms with Crippen LogP contribution in [0.4, 0.5) is 5.69 Å². The van der Waals surface area contributed by atoms with Gasteiger partial charge < -0.3 is 19.3 Å². The zero-order chi connectivity index (χ0) is 26.8. The van der Waals surface area contributed by atoms with E-state index in [4.69, 9.17) is 24.3 Å². The third kappa shape index (κ3) is 5.36. The number of fused-ring (bicyclic) bond motifs is 3. The predicted octanol–water partition coefficient (Wildman–Crippen LogP) is 3.72. The minimum absolute atomic E-state index is 0.00931. The number of carbonyl (C=O) groups excluding carboxylic acids is 3. The fourth-order valence-corrected chi connectivity index (χ4v) is 4.54. The van der Waals surface area contributed by atoms with Crippen molar-refractivity contribution in [3.8, 4) is 5.75 Å². The molecule has 37 heavy (non-hydrogen) atoms. The number of aliphatic imine (C=N–C) groups is 1. The van der Waals surface area contributed by atoms with Crippen LogP contribution in [0, 0.1) is 0 Å². The number of carbonyl (C=O) groups is 3. The molecule has 2 atom stereocenters. The summed E-state index contributed by atoms with van der Waals surface area (Å²) in [5.74, 6) is -0.580. The molecule has 0 saturated heterocycles. The van der Waals surface area contributed by atoms with Crippen LogP contribution in [-0.2, 0) is 23.9 Å². The number of esters is 1. The van der Waals surface area contributed by atoms with Crippen molar-refractivity contribution in [3.63, 3.8) is 0 Å². The monoisotopic (exact) mass is 508 g/mol. The summed E-state index contributed by atoms with van der Waals surface area (Å²) in [4.78, 5) is 45.1. The van der Waals surface area contributed by atoms with Gasteiger partial charge in [0.15, 0.2) is 11.6 Å². The average molecular weight is 509 g/mol. The van der Waals surface area contributed by atoms with Gasteiger partial charge in [0.25, 0.3) is 5.91 Å². The lowest BCUT2D eigenvalue weighted by atomic mass is 9.79. The van der Waals surface area contributed by atoms with Crippen molar-refractivity contribution in [2.45, 2.75) is 64.2 Å². The molecular formula is C28H32N2O7. The van der Waals surface area contributed by atoms with E-state index in [0.29, 0.717) is 35.6 Å². The number of rotatable bonds is 8. The molecular weight excluding hydrogens is 476 g/mol. The molecule has 2 aromatic carbocycles. The molecule has 0 spiro atoms. The highest BCUT2D eigenvalue weighted by Gasteiger charge is 2.59. The Balaban J connectivity index is 1.72. The Morgan fingerprint density at radius 1 is 1.14 bits per heavy atom. The second-order valence-corrected chi connectivity index (χ2v) is 10.1. The Bertz CT molecular complexity index is 1220. The maximum absolute atomic E-state index is 13.9. The number of aliphatic hydroxyl groups is 1. The van der Waals surface area contributed by atoms with E-state index in [0.717, 1.165) is 4.90 Å². The minimum Gasteiger partial charge on any atom is -0.494 e. The van der Waals surface area contributed by atoms with Crippen molar-refractivity contribution in [3.05, 3.63) is 59.7 Å². The number of imide groups is 1. The highest BCUT2D eigenvalue weighted by Crippen LogP contribution is 2.50. The van der Waals surface area contributed by atoms with Crippen molar-refractivity contribution in [1.29, 1.82) is 0 Å². The topological polar surface area (TPSA) is 115 Å². The molecule has 1 N–H and O–H groups in total. The molecule has 2 heterocycles. The summed E-state index contributed by atoms with van der Waals surface area (Å²) in [6.07, 6.45) is -0.363. The molecule has 4 rings (SSSR count). The van der Waals surface area contributed by atoms with Crippen LogP contribution in [0.3, 0.4) is 0 Å². The summed E-state index contributed by atoms with van der Waals surface area (Å²) in [7, 11) is 0. The van der Waals surface area contributed by atoms with Crippen LogP contribution in [0.2, 0.25) is 0 Å². The molecule has 2 aliphatic heterocycles. The SMILES string of the molecule is CC(=O)N1C(=O)[C@]2(CCC(=O)OC(C)(C)C)N=C(c3ccc(OCCCO)cc3)O[C@@H]2c2ccccc21. The minimum atomic E-state index is -1.51. The van der Waals surface area contributed by atoms with E-state index in [1.54, 1.807) is 63.2 Å². The van der Waals surface area contributed by atoms with Crippen molar-refractivity contribution in [2.24, 2.45) is 4.99 Å². The lowest BCUT2D eigenvalue weighted by Gasteiger charge is -2.40. The molecule has 0 saturated carbocycles. The van der Waals surface area contributed by atoms with Crippen LogP contribution in [0.1, 0.15) is 64.2 Å². The Morgan fingerprint density at radius 3 is 2.49 bits per heavy atom. The lowest BCUT2D eigenvalue weighted by molar-refractivity contribution is -0.155. The van der Waals surface area contributed by atoms with E-state index < -0.39 is 35.0 Å². The molecule has 9 nitrogen and oxygen atoms in total. The summed E-state index contributed by atoms with van der Waals surface area (Å²) in [5.41, 5.74) is -0.473. The smallest absolute Gasteiger partial charge is 0.306 e. The second-order valence-electron chi connectivity index (χ2n) is 10.1. The van der Waals surface area contributed by atoms with Crippen molar-refractivity contribution >= 4 is 29.4 Å². The molecule has 0 aromatic heterocycles. The third-order valence-electron chi connectivity index (χ3n) is 6.12. The van der Waals surface area contributed by atoms with Crippen LogP contribution < -0.4 is 9.64 Å². The molecule has 0 aliphatic carbocycles. The van der Waals surface area contributed by atoms with Gasteiger partial charge in [0.1, 0.15) is 11.4 Å². The maximum Gasteiger partial charge on any atom is 0.306 e. The Labute approximate surface area is 216 Å². The van der Waals surface area contributed by atoms with E-state index in [2.05, 4.69) is 0 Å². The molecule has 2 amide bonds.